The van der Waals surface area contributed by atoms with Crippen molar-refractivity contribution < 1.29 is 4.74 Å². The van der Waals surface area contributed by atoms with Gasteiger partial charge in [0.25, 0.3) is 0 Å². The molecule has 0 aliphatic rings. The average Bonchev–Trinajstić information content (AvgIpc) is 2.90. The zero-order valence-electron chi connectivity index (χ0n) is 11.9. The van der Waals surface area contributed by atoms with E-state index in [9.17, 15) is 0 Å². The minimum Gasteiger partial charge on any atom is -0.378 e. The molecule has 7 heteroatoms. The first-order chi connectivity index (χ1) is 9.71. The Labute approximate surface area is 126 Å². The van der Waals surface area contributed by atoms with Crippen molar-refractivity contribution in [2.24, 2.45) is 0 Å². The quantitative estimate of drug-likeness (QED) is 0.876. The second-order valence-electron chi connectivity index (χ2n) is 4.28. The number of methoxy groups -OCH3 is 1. The molecule has 20 heavy (non-hydrogen) atoms. The molecule has 0 atom stereocenters. The summed E-state index contributed by atoms with van der Waals surface area (Å²) in [6, 6.07) is 1.93. The van der Waals surface area contributed by atoms with Crippen LogP contribution in [0.4, 0.5) is 5.82 Å². The van der Waals surface area contributed by atoms with Crippen molar-refractivity contribution in [3.05, 3.63) is 22.4 Å². The lowest BCUT2D eigenvalue weighted by atomic mass is 10.3. The largest absolute Gasteiger partial charge is 0.378 e. The second kappa shape index (κ2) is 6.81. The molecule has 0 radical (unpaired) electrons. The Morgan fingerprint density at radius 2 is 2.20 bits per heavy atom. The maximum atomic E-state index is 5.19. The van der Waals surface area contributed by atoms with Crippen molar-refractivity contribution in [1.82, 2.24) is 19.7 Å². The van der Waals surface area contributed by atoms with Gasteiger partial charge in [0.1, 0.15) is 11.5 Å². The van der Waals surface area contributed by atoms with E-state index in [2.05, 4.69) is 43.2 Å². The monoisotopic (exact) mass is 339 g/mol. The third kappa shape index (κ3) is 2.99. The minimum atomic E-state index is 0.423. The van der Waals surface area contributed by atoms with Gasteiger partial charge in [-0.3, -0.25) is 4.68 Å². The highest BCUT2D eigenvalue weighted by molar-refractivity contribution is 9.10. The van der Waals surface area contributed by atoms with Crippen LogP contribution in [0.1, 0.15) is 19.0 Å². The predicted octanol–water partition coefficient (Wildman–Crippen LogP) is 2.70. The summed E-state index contributed by atoms with van der Waals surface area (Å²) in [4.78, 5) is 9.11. The number of nitrogens with zero attached hydrogens (tertiary/aromatic N) is 4. The first-order valence-electron chi connectivity index (χ1n) is 6.46. The zero-order chi connectivity index (χ0) is 14.5. The molecule has 0 unspecified atom stereocenters. The third-order valence-electron chi connectivity index (χ3n) is 2.82. The highest BCUT2D eigenvalue weighted by Crippen LogP contribution is 2.27. The number of rotatable bonds is 6. The van der Waals surface area contributed by atoms with Crippen LogP contribution < -0.4 is 5.32 Å². The smallest absolute Gasteiger partial charge is 0.180 e. The summed E-state index contributed by atoms with van der Waals surface area (Å²) >= 11 is 3.50. The Morgan fingerprint density at radius 3 is 2.85 bits per heavy atom. The molecule has 0 amide bonds. The number of nitrogens with one attached hydrogen (secondary N) is 1. The van der Waals surface area contributed by atoms with Gasteiger partial charge in [0.2, 0.25) is 0 Å². The van der Waals surface area contributed by atoms with Crippen LogP contribution in [-0.4, -0.2) is 33.9 Å². The number of hydrogen-bond donors (Lipinski definition) is 1. The molecule has 2 heterocycles. The lowest BCUT2D eigenvalue weighted by molar-refractivity contribution is 0.181. The second-order valence-corrected chi connectivity index (χ2v) is 5.07. The highest BCUT2D eigenvalue weighted by Gasteiger charge is 2.15. The van der Waals surface area contributed by atoms with E-state index in [1.165, 1.54) is 0 Å². The highest BCUT2D eigenvalue weighted by atomic mass is 79.9. The Bertz CT molecular complexity index is 584. The van der Waals surface area contributed by atoms with E-state index in [-0.39, 0.29) is 0 Å². The topological polar surface area (TPSA) is 64.9 Å². The SMILES string of the molecule is CCCn1nccc1-c1nc(COC)c(Br)c(NC)n1. The predicted molar refractivity (Wildman–Crippen MR) is 81.5 cm³/mol. The Hall–Kier alpha value is -1.47. The van der Waals surface area contributed by atoms with Crippen molar-refractivity contribution in [1.29, 1.82) is 0 Å². The number of halogens is 1. The molecule has 108 valence electrons. The molecule has 0 fully saturated rings. The van der Waals surface area contributed by atoms with Crippen LogP contribution in [0, 0.1) is 0 Å². The molecule has 6 nitrogen and oxygen atoms in total. The van der Waals surface area contributed by atoms with E-state index in [4.69, 9.17) is 4.74 Å². The summed E-state index contributed by atoms with van der Waals surface area (Å²) in [7, 11) is 3.48. The average molecular weight is 340 g/mol. The number of anilines is 1. The number of hydrogen-bond acceptors (Lipinski definition) is 5. The molecule has 0 saturated heterocycles. The first-order valence-corrected chi connectivity index (χ1v) is 7.25. The Morgan fingerprint density at radius 1 is 1.40 bits per heavy atom. The number of ether oxygens (including phenoxy) is 1. The molecule has 2 aromatic rings. The first kappa shape index (κ1) is 14.9. The Balaban J connectivity index is 2.50. The van der Waals surface area contributed by atoms with Gasteiger partial charge in [-0.25, -0.2) is 9.97 Å². The van der Waals surface area contributed by atoms with Gasteiger partial charge in [-0.2, -0.15) is 5.10 Å². The van der Waals surface area contributed by atoms with Crippen LogP contribution in [0.25, 0.3) is 11.5 Å². The van der Waals surface area contributed by atoms with Gasteiger partial charge in [-0.1, -0.05) is 6.92 Å². The van der Waals surface area contributed by atoms with Crippen molar-refractivity contribution in [2.45, 2.75) is 26.5 Å². The lowest BCUT2D eigenvalue weighted by Crippen LogP contribution is -2.08. The van der Waals surface area contributed by atoms with E-state index in [1.54, 1.807) is 13.3 Å². The van der Waals surface area contributed by atoms with Crippen LogP contribution >= 0.6 is 15.9 Å². The molecule has 0 aromatic carbocycles. The summed E-state index contributed by atoms with van der Waals surface area (Å²) in [5.41, 5.74) is 1.72. The minimum absolute atomic E-state index is 0.423. The maximum Gasteiger partial charge on any atom is 0.180 e. The summed E-state index contributed by atoms with van der Waals surface area (Å²) in [5.74, 6) is 1.39. The van der Waals surface area contributed by atoms with E-state index < -0.39 is 0 Å². The van der Waals surface area contributed by atoms with Crippen molar-refractivity contribution >= 4 is 21.7 Å². The maximum absolute atomic E-state index is 5.19. The standard InChI is InChI=1S/C13H18BrN5O/c1-4-7-19-10(5-6-16-19)12-17-9(8-20-3)11(14)13(15-2)18-12/h5-6H,4,7-8H2,1-3H3,(H,15,17,18). The van der Waals surface area contributed by atoms with Crippen LogP contribution in [0.2, 0.25) is 0 Å². The number of aromatic nitrogens is 4. The van der Waals surface area contributed by atoms with Gasteiger partial charge < -0.3 is 10.1 Å². The molecule has 0 aliphatic heterocycles. The molecule has 0 aliphatic carbocycles. The fraction of sp³-hybridized carbons (Fsp3) is 0.462. The fourth-order valence-electron chi connectivity index (χ4n) is 1.92. The summed E-state index contributed by atoms with van der Waals surface area (Å²) in [6.07, 6.45) is 2.78. The van der Waals surface area contributed by atoms with Crippen LogP contribution in [-0.2, 0) is 17.9 Å². The van der Waals surface area contributed by atoms with Gasteiger partial charge >= 0.3 is 0 Å². The molecule has 2 rings (SSSR count). The van der Waals surface area contributed by atoms with Crippen LogP contribution in [0.3, 0.4) is 0 Å². The molecule has 0 spiro atoms. The van der Waals surface area contributed by atoms with E-state index in [0.717, 1.165) is 34.6 Å². The summed E-state index contributed by atoms with van der Waals surface area (Å²) < 4.78 is 7.93. The summed E-state index contributed by atoms with van der Waals surface area (Å²) in [6.45, 7) is 3.38. The summed E-state index contributed by atoms with van der Waals surface area (Å²) in [5, 5.41) is 7.37. The van der Waals surface area contributed by atoms with E-state index in [0.29, 0.717) is 12.4 Å². The van der Waals surface area contributed by atoms with Crippen molar-refractivity contribution in [3.8, 4) is 11.5 Å². The lowest BCUT2D eigenvalue weighted by Gasteiger charge is -2.11. The van der Waals surface area contributed by atoms with E-state index in [1.807, 2.05) is 17.8 Å². The molecule has 0 saturated carbocycles. The molecule has 0 bridgehead atoms. The van der Waals surface area contributed by atoms with Gasteiger partial charge in [-0.15, -0.1) is 0 Å². The normalized spacial score (nSPS) is 10.8. The van der Waals surface area contributed by atoms with E-state index >= 15 is 0 Å². The zero-order valence-corrected chi connectivity index (χ0v) is 13.4. The Kier molecular flexibility index (Phi) is 5.08. The number of aryl methyl sites for hydroxylation is 1. The molecular weight excluding hydrogens is 322 g/mol. The molecular formula is C13H18BrN5O. The van der Waals surface area contributed by atoms with Gasteiger partial charge in [-0.05, 0) is 28.4 Å². The van der Waals surface area contributed by atoms with Crippen LogP contribution in [0.15, 0.2) is 16.7 Å². The van der Waals surface area contributed by atoms with Gasteiger partial charge in [0.05, 0.1) is 16.8 Å². The van der Waals surface area contributed by atoms with Gasteiger partial charge in [0, 0.05) is 26.9 Å². The fourth-order valence-corrected chi connectivity index (χ4v) is 2.41. The van der Waals surface area contributed by atoms with Gasteiger partial charge in [0.15, 0.2) is 5.82 Å². The van der Waals surface area contributed by atoms with Crippen LogP contribution in [0.5, 0.6) is 0 Å². The van der Waals surface area contributed by atoms with Crippen molar-refractivity contribution in [2.75, 3.05) is 19.5 Å². The molecule has 1 N–H and O–H groups in total. The van der Waals surface area contributed by atoms with Crippen molar-refractivity contribution in [3.63, 3.8) is 0 Å². The third-order valence-corrected chi connectivity index (χ3v) is 3.65. The molecule has 2 aromatic heterocycles.